The molecule has 108 valence electrons. The van der Waals surface area contributed by atoms with Crippen LogP contribution in [0.4, 0.5) is 0 Å². The number of fused-ring (bicyclic) bond motifs is 1. The molecule has 1 atom stereocenters. The first-order chi connectivity index (χ1) is 10.1. The first-order valence-corrected chi connectivity index (χ1v) is 6.82. The molecule has 0 bridgehead atoms. The summed E-state index contributed by atoms with van der Waals surface area (Å²) in [7, 11) is 0. The van der Waals surface area contributed by atoms with Crippen molar-refractivity contribution in [2.45, 2.75) is 19.3 Å². The van der Waals surface area contributed by atoms with E-state index in [0.29, 0.717) is 17.9 Å². The zero-order valence-corrected chi connectivity index (χ0v) is 11.7. The highest BCUT2D eigenvalue weighted by atomic mass is 16.7. The molecule has 2 aromatic carbocycles. The lowest BCUT2D eigenvalue weighted by Crippen LogP contribution is -2.15. The second kappa shape index (κ2) is 5.48. The third-order valence-electron chi connectivity index (χ3n) is 3.78. The molecular formula is C17H16O4. The number of hydrogen-bond donors (Lipinski definition) is 1. The molecule has 2 aromatic rings. The van der Waals surface area contributed by atoms with Crippen molar-refractivity contribution in [3.05, 3.63) is 59.2 Å². The molecule has 0 saturated carbocycles. The molecule has 1 unspecified atom stereocenters. The summed E-state index contributed by atoms with van der Waals surface area (Å²) in [6.45, 7) is 2.18. The van der Waals surface area contributed by atoms with Crippen molar-refractivity contribution in [3.8, 4) is 11.5 Å². The minimum atomic E-state index is -0.836. The van der Waals surface area contributed by atoms with Gasteiger partial charge in [-0.1, -0.05) is 30.3 Å². The van der Waals surface area contributed by atoms with E-state index in [2.05, 4.69) is 0 Å². The molecule has 1 aliphatic rings. The molecule has 0 amide bonds. The van der Waals surface area contributed by atoms with E-state index in [0.717, 1.165) is 16.7 Å². The molecule has 1 aliphatic heterocycles. The Morgan fingerprint density at radius 2 is 1.95 bits per heavy atom. The zero-order chi connectivity index (χ0) is 14.8. The van der Waals surface area contributed by atoms with Crippen LogP contribution in [0.25, 0.3) is 0 Å². The van der Waals surface area contributed by atoms with Gasteiger partial charge in [0.1, 0.15) is 0 Å². The average molecular weight is 284 g/mol. The van der Waals surface area contributed by atoms with Crippen molar-refractivity contribution >= 4 is 5.97 Å². The number of carbonyl (C=O) groups is 1. The van der Waals surface area contributed by atoms with Crippen LogP contribution in [0.3, 0.4) is 0 Å². The van der Waals surface area contributed by atoms with Crippen molar-refractivity contribution in [1.82, 2.24) is 0 Å². The molecule has 0 spiro atoms. The predicted octanol–water partition coefficient (Wildman–Crippen LogP) is 3.13. The van der Waals surface area contributed by atoms with Gasteiger partial charge in [-0.3, -0.25) is 4.79 Å². The van der Waals surface area contributed by atoms with E-state index in [1.54, 1.807) is 18.2 Å². The topological polar surface area (TPSA) is 55.8 Å². The van der Waals surface area contributed by atoms with Gasteiger partial charge in [-0.15, -0.1) is 0 Å². The standard InChI is InChI=1S/C17H16O4/c1-11-4-2-3-5-12(11)8-14(17(18)19)13-6-7-15-16(9-13)21-10-20-15/h2-7,9,14H,8,10H2,1H3,(H,18,19). The number of aliphatic carboxylic acids is 1. The summed E-state index contributed by atoms with van der Waals surface area (Å²) in [5, 5.41) is 9.56. The minimum Gasteiger partial charge on any atom is -0.481 e. The lowest BCUT2D eigenvalue weighted by Gasteiger charge is -2.15. The van der Waals surface area contributed by atoms with Gasteiger partial charge in [0.2, 0.25) is 6.79 Å². The molecule has 4 nitrogen and oxygen atoms in total. The van der Waals surface area contributed by atoms with Gasteiger partial charge in [0.25, 0.3) is 0 Å². The first kappa shape index (κ1) is 13.5. The Hall–Kier alpha value is -2.49. The number of carboxylic acid groups (broad SMARTS) is 1. The van der Waals surface area contributed by atoms with Crippen molar-refractivity contribution in [3.63, 3.8) is 0 Å². The molecular weight excluding hydrogens is 268 g/mol. The van der Waals surface area contributed by atoms with Crippen LogP contribution >= 0.6 is 0 Å². The molecule has 0 fully saturated rings. The van der Waals surface area contributed by atoms with E-state index in [-0.39, 0.29) is 6.79 Å². The third kappa shape index (κ3) is 2.70. The molecule has 0 aromatic heterocycles. The van der Waals surface area contributed by atoms with Gasteiger partial charge in [-0.2, -0.15) is 0 Å². The van der Waals surface area contributed by atoms with E-state index >= 15 is 0 Å². The Morgan fingerprint density at radius 3 is 2.71 bits per heavy atom. The molecule has 0 saturated heterocycles. The normalized spacial score (nSPS) is 14.0. The Bertz CT molecular complexity index is 678. The fourth-order valence-electron chi connectivity index (χ4n) is 2.54. The number of ether oxygens (including phenoxy) is 2. The van der Waals surface area contributed by atoms with E-state index in [4.69, 9.17) is 9.47 Å². The van der Waals surface area contributed by atoms with Crippen molar-refractivity contribution < 1.29 is 19.4 Å². The van der Waals surface area contributed by atoms with Crippen LogP contribution in [0.15, 0.2) is 42.5 Å². The van der Waals surface area contributed by atoms with Crippen LogP contribution in [-0.4, -0.2) is 17.9 Å². The largest absolute Gasteiger partial charge is 0.481 e. The van der Waals surface area contributed by atoms with Crippen molar-refractivity contribution in [1.29, 1.82) is 0 Å². The van der Waals surface area contributed by atoms with Crippen LogP contribution in [0.5, 0.6) is 11.5 Å². The maximum Gasteiger partial charge on any atom is 0.311 e. The van der Waals surface area contributed by atoms with Crippen molar-refractivity contribution in [2.75, 3.05) is 6.79 Å². The highest BCUT2D eigenvalue weighted by molar-refractivity contribution is 5.77. The van der Waals surface area contributed by atoms with E-state index in [1.807, 2.05) is 31.2 Å². The van der Waals surface area contributed by atoms with Gasteiger partial charge in [0.05, 0.1) is 5.92 Å². The Morgan fingerprint density at radius 1 is 1.19 bits per heavy atom. The van der Waals surface area contributed by atoms with Crippen LogP contribution in [0.2, 0.25) is 0 Å². The number of carboxylic acids is 1. The Kier molecular flexibility index (Phi) is 3.52. The number of aryl methyl sites for hydroxylation is 1. The summed E-state index contributed by atoms with van der Waals surface area (Å²) in [4.78, 5) is 11.6. The molecule has 1 N–H and O–H groups in total. The molecule has 21 heavy (non-hydrogen) atoms. The molecule has 0 radical (unpaired) electrons. The quantitative estimate of drug-likeness (QED) is 0.937. The lowest BCUT2D eigenvalue weighted by molar-refractivity contribution is -0.138. The number of benzene rings is 2. The summed E-state index contributed by atoms with van der Waals surface area (Å²) in [5.41, 5.74) is 2.88. The lowest BCUT2D eigenvalue weighted by atomic mass is 9.90. The van der Waals surface area contributed by atoms with Gasteiger partial charge >= 0.3 is 5.97 Å². The van der Waals surface area contributed by atoms with Gasteiger partial charge < -0.3 is 14.6 Å². The zero-order valence-electron chi connectivity index (χ0n) is 11.7. The summed E-state index contributed by atoms with van der Waals surface area (Å²) in [5.74, 6) is -0.153. The minimum absolute atomic E-state index is 0.189. The third-order valence-corrected chi connectivity index (χ3v) is 3.78. The second-order valence-electron chi connectivity index (χ2n) is 5.13. The highest BCUT2D eigenvalue weighted by Crippen LogP contribution is 2.35. The van der Waals surface area contributed by atoms with Gasteiger partial charge in [0, 0.05) is 0 Å². The van der Waals surface area contributed by atoms with Crippen LogP contribution < -0.4 is 9.47 Å². The first-order valence-electron chi connectivity index (χ1n) is 6.82. The van der Waals surface area contributed by atoms with E-state index < -0.39 is 11.9 Å². The maximum absolute atomic E-state index is 11.6. The fraction of sp³-hybridized carbons (Fsp3) is 0.235. The van der Waals surface area contributed by atoms with Gasteiger partial charge in [-0.05, 0) is 42.2 Å². The van der Waals surface area contributed by atoms with Crippen LogP contribution in [-0.2, 0) is 11.2 Å². The average Bonchev–Trinajstić information content (AvgIpc) is 2.93. The van der Waals surface area contributed by atoms with E-state index in [9.17, 15) is 9.90 Å². The smallest absolute Gasteiger partial charge is 0.311 e. The SMILES string of the molecule is Cc1ccccc1CC(C(=O)O)c1ccc2c(c1)OCO2. The molecule has 0 aliphatic carbocycles. The monoisotopic (exact) mass is 284 g/mol. The summed E-state index contributed by atoms with van der Waals surface area (Å²) in [6.07, 6.45) is 0.460. The predicted molar refractivity (Wildman–Crippen MR) is 77.8 cm³/mol. The molecule has 3 rings (SSSR count). The number of rotatable bonds is 4. The summed E-state index contributed by atoms with van der Waals surface area (Å²) in [6, 6.07) is 13.2. The molecule has 4 heteroatoms. The van der Waals surface area contributed by atoms with Crippen LogP contribution in [0.1, 0.15) is 22.6 Å². The summed E-state index contributed by atoms with van der Waals surface area (Å²) >= 11 is 0. The highest BCUT2D eigenvalue weighted by Gasteiger charge is 2.24. The van der Waals surface area contributed by atoms with Crippen molar-refractivity contribution in [2.24, 2.45) is 0 Å². The Labute approximate surface area is 122 Å². The number of hydrogen-bond acceptors (Lipinski definition) is 3. The molecule has 1 heterocycles. The fourth-order valence-corrected chi connectivity index (χ4v) is 2.54. The van der Waals surface area contributed by atoms with E-state index in [1.165, 1.54) is 0 Å². The Balaban J connectivity index is 1.92. The van der Waals surface area contributed by atoms with Gasteiger partial charge in [0.15, 0.2) is 11.5 Å². The van der Waals surface area contributed by atoms with Crippen LogP contribution in [0, 0.1) is 6.92 Å². The maximum atomic E-state index is 11.6. The second-order valence-corrected chi connectivity index (χ2v) is 5.13. The summed E-state index contributed by atoms with van der Waals surface area (Å²) < 4.78 is 10.6. The van der Waals surface area contributed by atoms with Gasteiger partial charge in [-0.25, -0.2) is 0 Å².